The summed E-state index contributed by atoms with van der Waals surface area (Å²) >= 11 is 0. The van der Waals surface area contributed by atoms with Crippen LogP contribution in [-0.4, -0.2) is 85.9 Å². The van der Waals surface area contributed by atoms with Gasteiger partial charge >= 0.3 is 5.97 Å². The lowest BCUT2D eigenvalue weighted by Crippen LogP contribution is -2.40. The molecule has 1 saturated heterocycles. The predicted molar refractivity (Wildman–Crippen MR) is 166 cm³/mol. The predicted octanol–water partition coefficient (Wildman–Crippen LogP) is 2.77. The van der Waals surface area contributed by atoms with Gasteiger partial charge in [0.15, 0.2) is 5.43 Å². The van der Waals surface area contributed by atoms with Gasteiger partial charge in [-0.3, -0.25) is 14.5 Å². The molecular formula is C32H37N5O6. The Hall–Kier alpha value is -4.29. The Kier molecular flexibility index (Phi) is 10.0. The van der Waals surface area contributed by atoms with E-state index in [1.165, 1.54) is 30.3 Å². The smallest absolute Gasteiger partial charge is 0.336 e. The van der Waals surface area contributed by atoms with Crippen molar-refractivity contribution in [1.82, 2.24) is 20.9 Å². The van der Waals surface area contributed by atoms with Crippen molar-refractivity contribution in [3.63, 3.8) is 0 Å². The SMILES string of the molecule is O=C(CN1CCCNCCNCCCNCC1)Nc1ccc(-c2c3ccc(=O)cc-3oc3cc(O)ccc23)c(C(=O)O)c1. The highest BCUT2D eigenvalue weighted by Gasteiger charge is 2.23. The first-order chi connectivity index (χ1) is 20.9. The number of anilines is 1. The molecule has 1 fully saturated rings. The third kappa shape index (κ3) is 7.76. The van der Waals surface area contributed by atoms with E-state index in [0.29, 0.717) is 33.3 Å². The number of carbonyl (C=O) groups is 2. The molecule has 0 spiro atoms. The molecule has 1 aliphatic carbocycles. The summed E-state index contributed by atoms with van der Waals surface area (Å²) in [5, 5.41) is 34.0. The number of amides is 1. The molecule has 5 rings (SSSR count). The van der Waals surface area contributed by atoms with Gasteiger partial charge in [0, 0.05) is 60.5 Å². The third-order valence-corrected chi connectivity index (χ3v) is 7.47. The average Bonchev–Trinajstić information content (AvgIpc) is 2.97. The summed E-state index contributed by atoms with van der Waals surface area (Å²) in [6.45, 7) is 7.01. The number of hydrogen-bond donors (Lipinski definition) is 6. The number of fused-ring (bicyclic) bond motifs is 2. The van der Waals surface area contributed by atoms with Gasteiger partial charge in [-0.1, -0.05) is 6.07 Å². The number of rotatable bonds is 5. The van der Waals surface area contributed by atoms with Crippen molar-refractivity contribution in [3.8, 4) is 28.2 Å². The highest BCUT2D eigenvalue weighted by atomic mass is 16.4. The number of nitrogens with one attached hydrogen (secondary N) is 4. The van der Waals surface area contributed by atoms with Crippen LogP contribution in [0.5, 0.6) is 5.75 Å². The summed E-state index contributed by atoms with van der Waals surface area (Å²) in [4.78, 5) is 39.8. The first-order valence-corrected chi connectivity index (χ1v) is 14.6. The number of phenols is 1. The Bertz CT molecular complexity index is 1610. The summed E-state index contributed by atoms with van der Waals surface area (Å²) in [7, 11) is 0. The van der Waals surface area contributed by atoms with Crippen molar-refractivity contribution in [2.24, 2.45) is 0 Å². The molecular weight excluding hydrogens is 550 g/mol. The summed E-state index contributed by atoms with van der Waals surface area (Å²) in [6.07, 6.45) is 1.94. The van der Waals surface area contributed by atoms with Crippen LogP contribution < -0.4 is 26.7 Å². The van der Waals surface area contributed by atoms with Crippen molar-refractivity contribution in [1.29, 1.82) is 0 Å². The van der Waals surface area contributed by atoms with Crippen LogP contribution in [0.25, 0.3) is 33.4 Å². The van der Waals surface area contributed by atoms with Gasteiger partial charge in [0.1, 0.15) is 17.1 Å². The van der Waals surface area contributed by atoms with Crippen molar-refractivity contribution in [2.45, 2.75) is 12.8 Å². The first kappa shape index (κ1) is 30.2. The number of carbonyl (C=O) groups excluding carboxylic acids is 1. The lowest BCUT2D eigenvalue weighted by Gasteiger charge is -2.23. The fraction of sp³-hybridized carbons (Fsp3) is 0.344. The van der Waals surface area contributed by atoms with E-state index >= 15 is 0 Å². The van der Waals surface area contributed by atoms with E-state index in [4.69, 9.17) is 4.42 Å². The molecule has 43 heavy (non-hydrogen) atoms. The topological polar surface area (TPSA) is 156 Å². The molecule has 3 aliphatic rings. The normalized spacial score (nSPS) is 16.1. The number of nitrogens with zero attached hydrogens (tertiary/aromatic N) is 1. The zero-order chi connectivity index (χ0) is 30.2. The highest BCUT2D eigenvalue weighted by Crippen LogP contribution is 2.42. The largest absolute Gasteiger partial charge is 0.508 e. The van der Waals surface area contributed by atoms with Gasteiger partial charge in [-0.05, 0) is 81.0 Å². The molecule has 0 aromatic heterocycles. The lowest BCUT2D eigenvalue weighted by atomic mass is 9.90. The van der Waals surface area contributed by atoms with Gasteiger partial charge in [-0.25, -0.2) is 4.79 Å². The number of benzene rings is 3. The Labute approximate surface area is 249 Å². The van der Waals surface area contributed by atoms with Crippen molar-refractivity contribution in [2.75, 3.05) is 64.2 Å². The van der Waals surface area contributed by atoms with Crippen LogP contribution in [0.1, 0.15) is 23.2 Å². The number of phenolic OH excluding ortho intramolecular Hbond substituents is 1. The second kappa shape index (κ2) is 14.3. The average molecular weight is 588 g/mol. The zero-order valence-corrected chi connectivity index (χ0v) is 23.9. The number of aromatic hydroxyl groups is 1. The third-order valence-electron chi connectivity index (χ3n) is 7.47. The first-order valence-electron chi connectivity index (χ1n) is 14.6. The minimum atomic E-state index is -1.17. The minimum absolute atomic E-state index is 0.0195. The maximum atomic E-state index is 13.1. The fourth-order valence-electron chi connectivity index (χ4n) is 5.39. The van der Waals surface area contributed by atoms with Crippen LogP contribution in [0.2, 0.25) is 0 Å². The molecule has 0 radical (unpaired) electrons. The van der Waals surface area contributed by atoms with Gasteiger partial charge in [0.05, 0.1) is 12.1 Å². The van der Waals surface area contributed by atoms with E-state index in [1.807, 2.05) is 0 Å². The van der Waals surface area contributed by atoms with Crippen LogP contribution in [0.15, 0.2) is 63.8 Å². The van der Waals surface area contributed by atoms with Gasteiger partial charge in [-0.15, -0.1) is 0 Å². The highest BCUT2D eigenvalue weighted by molar-refractivity contribution is 6.08. The van der Waals surface area contributed by atoms with Crippen molar-refractivity contribution >= 4 is 28.5 Å². The Morgan fingerprint density at radius 1 is 0.837 bits per heavy atom. The molecule has 11 nitrogen and oxygen atoms in total. The molecule has 0 saturated carbocycles. The summed E-state index contributed by atoms with van der Waals surface area (Å²) in [5.74, 6) is -1.15. The standard InChI is InChI=1S/C32H37N5O6/c38-22-4-7-25-28(18-22)43-29-19-23(39)5-8-26(29)31(25)24-6-3-21(17-27(24)32(41)42)36-30(40)20-37-15-2-11-34-13-12-33-9-1-10-35-14-16-37/h3-8,17-19,33-35,38H,1-2,9-16,20H2,(H,36,40)(H,41,42). The van der Waals surface area contributed by atoms with Crippen molar-refractivity contribution in [3.05, 3.63) is 70.4 Å². The maximum absolute atomic E-state index is 13.1. The lowest BCUT2D eigenvalue weighted by molar-refractivity contribution is -0.117. The summed E-state index contributed by atoms with van der Waals surface area (Å²) < 4.78 is 5.89. The van der Waals surface area contributed by atoms with E-state index in [-0.39, 0.29) is 35.0 Å². The molecule has 11 heteroatoms. The Balaban J connectivity index is 1.39. The van der Waals surface area contributed by atoms with E-state index < -0.39 is 5.97 Å². The van der Waals surface area contributed by atoms with Crippen LogP contribution in [0, 0.1) is 0 Å². The molecule has 6 N–H and O–H groups in total. The quantitative estimate of drug-likeness (QED) is 0.192. The van der Waals surface area contributed by atoms with Crippen molar-refractivity contribution < 1.29 is 24.2 Å². The number of hydrogen-bond acceptors (Lipinski definition) is 9. The summed E-state index contributed by atoms with van der Waals surface area (Å²) in [6, 6.07) is 13.7. The second-order valence-electron chi connectivity index (χ2n) is 10.7. The van der Waals surface area contributed by atoms with E-state index in [9.17, 15) is 24.6 Å². The second-order valence-corrected chi connectivity index (χ2v) is 10.7. The van der Waals surface area contributed by atoms with Crippen LogP contribution in [0.3, 0.4) is 0 Å². The summed E-state index contributed by atoms with van der Waals surface area (Å²) in [5.41, 5.74) is 1.89. The van der Waals surface area contributed by atoms with Gasteiger partial charge < -0.3 is 35.9 Å². The zero-order valence-electron chi connectivity index (χ0n) is 23.9. The molecule has 0 unspecified atom stereocenters. The molecule has 226 valence electrons. The van der Waals surface area contributed by atoms with E-state index in [2.05, 4.69) is 26.2 Å². The van der Waals surface area contributed by atoms with E-state index in [0.717, 1.165) is 65.2 Å². The Morgan fingerprint density at radius 2 is 1.58 bits per heavy atom. The van der Waals surface area contributed by atoms with Crippen LogP contribution >= 0.6 is 0 Å². The molecule has 1 amide bonds. The van der Waals surface area contributed by atoms with Crippen LogP contribution in [-0.2, 0) is 4.79 Å². The molecule has 0 atom stereocenters. The monoisotopic (exact) mass is 587 g/mol. The number of aromatic carboxylic acids is 1. The van der Waals surface area contributed by atoms with Gasteiger partial charge in [0.2, 0.25) is 5.91 Å². The van der Waals surface area contributed by atoms with Gasteiger partial charge in [0.25, 0.3) is 0 Å². The molecule has 0 bridgehead atoms. The maximum Gasteiger partial charge on any atom is 0.336 e. The fourth-order valence-corrected chi connectivity index (χ4v) is 5.39. The number of carboxylic acid groups (broad SMARTS) is 1. The molecule has 2 heterocycles. The number of carboxylic acids is 1. The van der Waals surface area contributed by atoms with Gasteiger partial charge in [-0.2, -0.15) is 0 Å². The van der Waals surface area contributed by atoms with E-state index in [1.54, 1.807) is 24.3 Å². The minimum Gasteiger partial charge on any atom is -0.508 e. The molecule has 2 aromatic rings. The molecule has 2 aliphatic heterocycles. The molecule has 2 aromatic carbocycles. The van der Waals surface area contributed by atoms with Crippen LogP contribution in [0.4, 0.5) is 5.69 Å². The Morgan fingerprint density at radius 3 is 2.37 bits per heavy atom.